The van der Waals surface area contributed by atoms with Gasteiger partial charge < -0.3 is 4.90 Å². The number of carbonyl (C=O) groups is 1. The number of hydrogen-bond acceptors (Lipinski definition) is 2. The van der Waals surface area contributed by atoms with Crippen LogP contribution in [0.2, 0.25) is 0 Å². The highest BCUT2D eigenvalue weighted by Crippen LogP contribution is 2.35. The quantitative estimate of drug-likeness (QED) is 0.782. The lowest BCUT2D eigenvalue weighted by Crippen LogP contribution is -2.32. The zero-order valence-corrected chi connectivity index (χ0v) is 13.0. The highest BCUT2D eigenvalue weighted by Gasteiger charge is 2.22. The summed E-state index contributed by atoms with van der Waals surface area (Å²) in [6.45, 7) is 7.61. The molecule has 1 aliphatic rings. The minimum absolute atomic E-state index is 0.274. The average molecular weight is 289 g/mol. The first kappa shape index (κ1) is 15.2. The molecule has 3 heteroatoms. The van der Waals surface area contributed by atoms with Crippen molar-refractivity contribution in [2.24, 2.45) is 0 Å². The molecule has 1 aliphatic heterocycles. The summed E-state index contributed by atoms with van der Waals surface area (Å²) in [5, 5.41) is 0.522. The zero-order valence-electron chi connectivity index (χ0n) is 12.2. The van der Waals surface area contributed by atoms with Crippen LogP contribution in [0.4, 0.5) is 0 Å². The number of amides is 1. The molecule has 0 unspecified atom stereocenters. The van der Waals surface area contributed by atoms with Crippen molar-refractivity contribution in [2.45, 2.75) is 31.4 Å². The fraction of sp³-hybridized carbons (Fsp3) is 0.471. The van der Waals surface area contributed by atoms with E-state index in [0.29, 0.717) is 11.7 Å². The van der Waals surface area contributed by atoms with Gasteiger partial charge in [-0.05, 0) is 30.9 Å². The molecule has 20 heavy (non-hydrogen) atoms. The van der Waals surface area contributed by atoms with Crippen LogP contribution >= 0.6 is 11.8 Å². The number of hydrogen-bond donors (Lipinski definition) is 0. The number of allylic oxidation sites excluding steroid dienone is 1. The summed E-state index contributed by atoms with van der Waals surface area (Å²) in [6, 6.07) is 8.60. The van der Waals surface area contributed by atoms with Crippen molar-refractivity contribution in [1.82, 2.24) is 4.90 Å². The standard InChI is InChI=1S/C17H23NOS/c1-3-4-9-17(19)18-11-10-16(20-13-12-18)15-8-6-5-7-14(15)2/h3,5-8,16H,1,4,9-13H2,2H3/t16-/m0/s1. The second kappa shape index (κ2) is 7.53. The van der Waals surface area contributed by atoms with Crippen LogP contribution in [0.5, 0.6) is 0 Å². The second-order valence-corrected chi connectivity index (χ2v) is 6.52. The van der Waals surface area contributed by atoms with E-state index in [2.05, 4.69) is 37.8 Å². The first-order valence-electron chi connectivity index (χ1n) is 7.28. The maximum atomic E-state index is 12.1. The molecule has 1 atom stereocenters. The molecule has 0 aromatic heterocycles. The topological polar surface area (TPSA) is 20.3 Å². The molecule has 0 radical (unpaired) electrons. The summed E-state index contributed by atoms with van der Waals surface area (Å²) in [4.78, 5) is 14.1. The van der Waals surface area contributed by atoms with E-state index in [-0.39, 0.29) is 5.91 Å². The van der Waals surface area contributed by atoms with Gasteiger partial charge in [-0.25, -0.2) is 0 Å². The van der Waals surface area contributed by atoms with Crippen molar-refractivity contribution < 1.29 is 4.79 Å². The highest BCUT2D eigenvalue weighted by atomic mass is 32.2. The largest absolute Gasteiger partial charge is 0.342 e. The number of benzene rings is 1. The molecule has 0 bridgehead atoms. The molecule has 1 saturated heterocycles. The Morgan fingerprint density at radius 1 is 1.45 bits per heavy atom. The summed E-state index contributed by atoms with van der Waals surface area (Å²) in [5.41, 5.74) is 2.79. The van der Waals surface area contributed by atoms with Crippen LogP contribution in [0.25, 0.3) is 0 Å². The first-order chi connectivity index (χ1) is 9.72. The van der Waals surface area contributed by atoms with Crippen molar-refractivity contribution in [3.63, 3.8) is 0 Å². The highest BCUT2D eigenvalue weighted by molar-refractivity contribution is 7.99. The van der Waals surface area contributed by atoms with Crippen molar-refractivity contribution in [1.29, 1.82) is 0 Å². The van der Waals surface area contributed by atoms with Crippen LogP contribution in [0.15, 0.2) is 36.9 Å². The van der Waals surface area contributed by atoms with Gasteiger partial charge in [-0.2, -0.15) is 11.8 Å². The van der Waals surface area contributed by atoms with E-state index in [1.807, 2.05) is 22.7 Å². The van der Waals surface area contributed by atoms with E-state index in [0.717, 1.165) is 31.7 Å². The van der Waals surface area contributed by atoms with E-state index in [4.69, 9.17) is 0 Å². The molecule has 0 spiro atoms. The fourth-order valence-electron chi connectivity index (χ4n) is 2.60. The molecule has 1 amide bonds. The molecule has 2 rings (SSSR count). The molecular formula is C17H23NOS. The smallest absolute Gasteiger partial charge is 0.222 e. The van der Waals surface area contributed by atoms with Gasteiger partial charge in [0, 0.05) is 30.5 Å². The molecule has 1 aromatic rings. The Balaban J connectivity index is 1.97. The number of aryl methyl sites for hydroxylation is 1. The van der Waals surface area contributed by atoms with Crippen LogP contribution in [-0.4, -0.2) is 29.6 Å². The van der Waals surface area contributed by atoms with Crippen molar-refractivity contribution >= 4 is 17.7 Å². The van der Waals surface area contributed by atoms with Gasteiger partial charge in [0.15, 0.2) is 0 Å². The summed E-state index contributed by atoms with van der Waals surface area (Å²) in [6.07, 6.45) is 4.25. The van der Waals surface area contributed by atoms with Gasteiger partial charge in [-0.15, -0.1) is 6.58 Å². The number of thioether (sulfide) groups is 1. The van der Waals surface area contributed by atoms with Crippen LogP contribution in [0.1, 0.15) is 35.6 Å². The maximum Gasteiger partial charge on any atom is 0.222 e. The van der Waals surface area contributed by atoms with Gasteiger partial charge in [0.2, 0.25) is 5.91 Å². The maximum absolute atomic E-state index is 12.1. The van der Waals surface area contributed by atoms with Crippen LogP contribution < -0.4 is 0 Å². The minimum atomic E-state index is 0.274. The predicted molar refractivity (Wildman–Crippen MR) is 87.0 cm³/mol. The Morgan fingerprint density at radius 2 is 2.25 bits per heavy atom. The average Bonchev–Trinajstić information content (AvgIpc) is 2.71. The Morgan fingerprint density at radius 3 is 3.00 bits per heavy atom. The van der Waals surface area contributed by atoms with Crippen molar-refractivity contribution in [3.8, 4) is 0 Å². The summed E-state index contributed by atoms with van der Waals surface area (Å²) in [7, 11) is 0. The monoisotopic (exact) mass is 289 g/mol. The molecule has 1 aromatic carbocycles. The minimum Gasteiger partial charge on any atom is -0.342 e. The van der Waals surface area contributed by atoms with Gasteiger partial charge >= 0.3 is 0 Å². The van der Waals surface area contributed by atoms with E-state index >= 15 is 0 Å². The fourth-order valence-corrected chi connectivity index (χ4v) is 3.93. The zero-order chi connectivity index (χ0) is 14.4. The summed E-state index contributed by atoms with van der Waals surface area (Å²) >= 11 is 1.98. The lowest BCUT2D eigenvalue weighted by molar-refractivity contribution is -0.130. The first-order valence-corrected chi connectivity index (χ1v) is 8.33. The summed E-state index contributed by atoms with van der Waals surface area (Å²) < 4.78 is 0. The summed E-state index contributed by atoms with van der Waals surface area (Å²) in [5.74, 6) is 1.30. The lowest BCUT2D eigenvalue weighted by Gasteiger charge is -2.20. The molecule has 1 heterocycles. The third-order valence-corrected chi connectivity index (χ3v) is 5.10. The van der Waals surface area contributed by atoms with Gasteiger partial charge in [-0.3, -0.25) is 4.79 Å². The van der Waals surface area contributed by atoms with E-state index in [9.17, 15) is 4.79 Å². The molecule has 2 nitrogen and oxygen atoms in total. The third kappa shape index (κ3) is 3.89. The molecule has 0 saturated carbocycles. The molecule has 108 valence electrons. The molecule has 0 aliphatic carbocycles. The van der Waals surface area contributed by atoms with E-state index in [1.165, 1.54) is 11.1 Å². The number of rotatable bonds is 4. The van der Waals surface area contributed by atoms with E-state index in [1.54, 1.807) is 0 Å². The Kier molecular flexibility index (Phi) is 5.72. The lowest BCUT2D eigenvalue weighted by atomic mass is 10.0. The van der Waals surface area contributed by atoms with Crippen LogP contribution in [0.3, 0.4) is 0 Å². The molecular weight excluding hydrogens is 266 g/mol. The van der Waals surface area contributed by atoms with E-state index < -0.39 is 0 Å². The van der Waals surface area contributed by atoms with Gasteiger partial charge in [-0.1, -0.05) is 30.3 Å². The van der Waals surface area contributed by atoms with Crippen LogP contribution in [0, 0.1) is 6.92 Å². The SMILES string of the molecule is C=CCCC(=O)N1CCS[C@H](c2ccccc2C)CC1. The number of carbonyl (C=O) groups excluding carboxylic acids is 1. The van der Waals surface area contributed by atoms with Crippen molar-refractivity contribution in [3.05, 3.63) is 48.0 Å². The predicted octanol–water partition coefficient (Wildman–Crippen LogP) is 3.97. The van der Waals surface area contributed by atoms with Gasteiger partial charge in [0.1, 0.15) is 0 Å². The normalized spacial score (nSPS) is 19.4. The van der Waals surface area contributed by atoms with Crippen molar-refractivity contribution in [2.75, 3.05) is 18.8 Å². The Bertz CT molecular complexity index is 472. The van der Waals surface area contributed by atoms with Gasteiger partial charge in [0.25, 0.3) is 0 Å². The molecule has 1 fully saturated rings. The molecule has 0 N–H and O–H groups in total. The van der Waals surface area contributed by atoms with Crippen LogP contribution in [-0.2, 0) is 4.79 Å². The third-order valence-electron chi connectivity index (χ3n) is 3.79. The number of nitrogens with zero attached hydrogens (tertiary/aromatic N) is 1. The van der Waals surface area contributed by atoms with Gasteiger partial charge in [0.05, 0.1) is 0 Å². The Labute approximate surface area is 126 Å². The Hall–Kier alpha value is -1.22. The second-order valence-electron chi connectivity index (χ2n) is 5.21.